The number of hydrogen-bond donors (Lipinski definition) is 2. The zero-order valence-electron chi connectivity index (χ0n) is 18.1. The number of carbonyl (C=O) groups excluding carboxylic acids is 1. The lowest BCUT2D eigenvalue weighted by Gasteiger charge is -2.21. The van der Waals surface area contributed by atoms with Gasteiger partial charge in [-0.15, -0.1) is 0 Å². The summed E-state index contributed by atoms with van der Waals surface area (Å²) in [6.07, 6.45) is -0.00366. The molecular weight excluding hydrogens is 421 g/mol. The van der Waals surface area contributed by atoms with E-state index < -0.39 is 32.2 Å². The summed E-state index contributed by atoms with van der Waals surface area (Å²) in [6, 6.07) is 12.5. The van der Waals surface area contributed by atoms with E-state index in [1.807, 2.05) is 0 Å². The van der Waals surface area contributed by atoms with Crippen molar-refractivity contribution in [2.24, 2.45) is 0 Å². The molecule has 0 fully saturated rings. The second-order valence-corrected chi connectivity index (χ2v) is 9.57. The molecule has 2 aromatic rings. The maximum absolute atomic E-state index is 15.0. The van der Waals surface area contributed by atoms with Crippen LogP contribution in [0.3, 0.4) is 0 Å². The molecule has 0 amide bonds. The van der Waals surface area contributed by atoms with Gasteiger partial charge in [0.05, 0.1) is 6.61 Å². The molecule has 0 saturated heterocycles. The van der Waals surface area contributed by atoms with Crippen LogP contribution in [0.5, 0.6) is 0 Å². The molecule has 2 N–H and O–H groups in total. The Morgan fingerprint density at radius 3 is 2.26 bits per heavy atom. The van der Waals surface area contributed by atoms with Gasteiger partial charge in [-0.1, -0.05) is 36.4 Å². The first-order valence-electron chi connectivity index (χ1n) is 9.90. The van der Waals surface area contributed by atoms with Crippen molar-refractivity contribution in [3.8, 4) is 0 Å². The molecule has 0 aromatic heterocycles. The van der Waals surface area contributed by atoms with Gasteiger partial charge in [0.15, 0.2) is 0 Å². The smallest absolute Gasteiger partial charge is 0.334 e. The van der Waals surface area contributed by atoms with Gasteiger partial charge in [0.25, 0.3) is 0 Å². The second kappa shape index (κ2) is 10.2. The average Bonchev–Trinajstić information content (AvgIpc) is 2.66. The molecule has 0 aliphatic heterocycles. The lowest BCUT2D eigenvalue weighted by molar-refractivity contribution is -0.138. The number of aliphatic hydroxyl groups is 1. The van der Waals surface area contributed by atoms with Crippen molar-refractivity contribution in [3.05, 3.63) is 71.0 Å². The van der Waals surface area contributed by atoms with Gasteiger partial charge in [-0.05, 0) is 56.5 Å². The Bertz CT molecular complexity index is 1060. The summed E-state index contributed by atoms with van der Waals surface area (Å²) < 4.78 is 47.7. The number of rotatable bonds is 8. The largest absolute Gasteiger partial charge is 0.463 e. The third kappa shape index (κ3) is 6.46. The number of esters is 1. The molecule has 0 atom stereocenters. The average molecular weight is 450 g/mol. The van der Waals surface area contributed by atoms with Gasteiger partial charge >= 0.3 is 5.97 Å². The van der Waals surface area contributed by atoms with Crippen LogP contribution in [0, 0.1) is 5.82 Å². The molecule has 0 heterocycles. The van der Waals surface area contributed by atoms with Gasteiger partial charge in [0.2, 0.25) is 10.0 Å². The van der Waals surface area contributed by atoms with Gasteiger partial charge in [0, 0.05) is 24.1 Å². The Morgan fingerprint density at radius 2 is 1.74 bits per heavy atom. The molecular formula is C23H28FNO5S. The van der Waals surface area contributed by atoms with Crippen LogP contribution in [0.15, 0.2) is 59.0 Å². The monoisotopic (exact) mass is 449 g/mol. The summed E-state index contributed by atoms with van der Waals surface area (Å²) in [5.74, 6) is -1.57. The number of carbonyl (C=O) groups is 1. The topological polar surface area (TPSA) is 92.7 Å². The third-order valence-corrected chi connectivity index (χ3v) is 5.99. The summed E-state index contributed by atoms with van der Waals surface area (Å²) in [5, 5.41) is 9.51. The van der Waals surface area contributed by atoms with E-state index in [-0.39, 0.29) is 25.2 Å². The van der Waals surface area contributed by atoms with E-state index in [2.05, 4.69) is 4.72 Å². The number of aliphatic hydroxyl groups excluding tert-OH is 1. The summed E-state index contributed by atoms with van der Waals surface area (Å²) in [7, 11) is -4.08. The number of halogens is 1. The molecule has 2 rings (SSSR count). The first-order chi connectivity index (χ1) is 14.5. The molecule has 0 aliphatic rings. The first kappa shape index (κ1) is 24.7. The zero-order valence-corrected chi connectivity index (χ0v) is 18.9. The number of ether oxygens (including phenoxy) is 1. The second-order valence-electron chi connectivity index (χ2n) is 7.91. The zero-order chi connectivity index (χ0) is 23.2. The molecule has 0 bridgehead atoms. The van der Waals surface area contributed by atoms with Crippen molar-refractivity contribution < 1.29 is 27.4 Å². The standard InChI is InChI=1S/C23H28FNO5S/c1-5-30-22(27)18(13-14-26)21(16-9-7-6-8-10-16)17-11-12-20(19(24)15-17)31(28,29)25-23(2,3)4/h6-12,15,25-26H,5,13-14H2,1-4H3/b21-18+. The summed E-state index contributed by atoms with van der Waals surface area (Å²) in [6.45, 7) is 6.47. The maximum Gasteiger partial charge on any atom is 0.334 e. The lowest BCUT2D eigenvalue weighted by Crippen LogP contribution is -2.40. The van der Waals surface area contributed by atoms with Crippen LogP contribution in [0.2, 0.25) is 0 Å². The Labute approximate surface area is 182 Å². The SMILES string of the molecule is CCOC(=O)/C(CCO)=C(\c1ccccc1)c1ccc(S(=O)(=O)NC(C)(C)C)c(F)c1. The predicted octanol–water partition coefficient (Wildman–Crippen LogP) is 3.65. The van der Waals surface area contributed by atoms with Crippen molar-refractivity contribution >= 4 is 21.6 Å². The van der Waals surface area contributed by atoms with Crippen molar-refractivity contribution in [1.82, 2.24) is 4.72 Å². The fourth-order valence-electron chi connectivity index (χ4n) is 3.11. The molecule has 31 heavy (non-hydrogen) atoms. The van der Waals surface area contributed by atoms with Crippen LogP contribution in [0.25, 0.3) is 5.57 Å². The Balaban J connectivity index is 2.70. The van der Waals surface area contributed by atoms with Gasteiger partial charge < -0.3 is 9.84 Å². The Kier molecular flexibility index (Phi) is 8.11. The molecule has 6 nitrogen and oxygen atoms in total. The van der Waals surface area contributed by atoms with Crippen LogP contribution < -0.4 is 4.72 Å². The molecule has 168 valence electrons. The third-order valence-electron chi connectivity index (χ3n) is 4.20. The summed E-state index contributed by atoms with van der Waals surface area (Å²) in [4.78, 5) is 12.1. The van der Waals surface area contributed by atoms with Gasteiger partial charge in [-0.2, -0.15) is 0 Å². The van der Waals surface area contributed by atoms with Crippen LogP contribution in [-0.2, 0) is 19.6 Å². The minimum Gasteiger partial charge on any atom is -0.463 e. The van der Waals surface area contributed by atoms with E-state index in [0.717, 1.165) is 6.07 Å². The Hall–Kier alpha value is -2.55. The van der Waals surface area contributed by atoms with Crippen LogP contribution >= 0.6 is 0 Å². The number of benzene rings is 2. The number of sulfonamides is 1. The van der Waals surface area contributed by atoms with Crippen LogP contribution in [-0.4, -0.2) is 38.2 Å². The van der Waals surface area contributed by atoms with Gasteiger partial charge in [0.1, 0.15) is 10.7 Å². The van der Waals surface area contributed by atoms with Gasteiger partial charge in [-0.3, -0.25) is 0 Å². The molecule has 0 unspecified atom stereocenters. The number of hydrogen-bond acceptors (Lipinski definition) is 5. The van der Waals surface area contributed by atoms with E-state index in [1.165, 1.54) is 12.1 Å². The van der Waals surface area contributed by atoms with Crippen LogP contribution in [0.4, 0.5) is 4.39 Å². The first-order valence-corrected chi connectivity index (χ1v) is 11.4. The van der Waals surface area contributed by atoms with E-state index in [4.69, 9.17) is 4.74 Å². The normalized spacial score (nSPS) is 13.0. The minimum absolute atomic E-state index is 0.00366. The molecule has 0 saturated carbocycles. The van der Waals surface area contributed by atoms with E-state index in [9.17, 15) is 22.7 Å². The molecule has 0 spiro atoms. The lowest BCUT2D eigenvalue weighted by atomic mass is 9.91. The Morgan fingerprint density at radius 1 is 1.10 bits per heavy atom. The molecule has 8 heteroatoms. The van der Waals surface area contributed by atoms with Crippen molar-refractivity contribution in [2.75, 3.05) is 13.2 Å². The van der Waals surface area contributed by atoms with E-state index >= 15 is 0 Å². The summed E-state index contributed by atoms with van der Waals surface area (Å²) >= 11 is 0. The molecule has 2 aromatic carbocycles. The fourth-order valence-corrected chi connectivity index (χ4v) is 4.59. The van der Waals surface area contributed by atoms with E-state index in [0.29, 0.717) is 16.7 Å². The highest BCUT2D eigenvalue weighted by molar-refractivity contribution is 7.89. The van der Waals surface area contributed by atoms with Crippen molar-refractivity contribution in [2.45, 2.75) is 44.6 Å². The highest BCUT2D eigenvalue weighted by Crippen LogP contribution is 2.31. The van der Waals surface area contributed by atoms with Crippen molar-refractivity contribution in [1.29, 1.82) is 0 Å². The molecule has 0 aliphatic carbocycles. The fraction of sp³-hybridized carbons (Fsp3) is 0.348. The highest BCUT2D eigenvalue weighted by Gasteiger charge is 2.26. The minimum atomic E-state index is -4.08. The van der Waals surface area contributed by atoms with E-state index in [1.54, 1.807) is 58.0 Å². The maximum atomic E-state index is 15.0. The van der Waals surface area contributed by atoms with Crippen molar-refractivity contribution in [3.63, 3.8) is 0 Å². The van der Waals surface area contributed by atoms with Gasteiger partial charge in [-0.25, -0.2) is 22.3 Å². The summed E-state index contributed by atoms with van der Waals surface area (Å²) in [5.41, 5.74) is 0.687. The molecule has 0 radical (unpaired) electrons. The highest BCUT2D eigenvalue weighted by atomic mass is 32.2. The predicted molar refractivity (Wildman–Crippen MR) is 117 cm³/mol. The number of nitrogens with one attached hydrogen (secondary N) is 1. The quantitative estimate of drug-likeness (QED) is 0.474. The van der Waals surface area contributed by atoms with Crippen LogP contribution in [0.1, 0.15) is 45.2 Å².